The molecule has 0 unspecified atom stereocenters. The zero-order valence-electron chi connectivity index (χ0n) is 27.5. The Morgan fingerprint density at radius 1 is 0.365 bits per heavy atom. The van der Waals surface area contributed by atoms with E-state index in [0.717, 1.165) is 48.5 Å². The molecule has 0 heterocycles. The third-order valence-electron chi connectivity index (χ3n) is 6.86. The molecule has 0 aliphatic heterocycles. The van der Waals surface area contributed by atoms with E-state index in [1.54, 1.807) is 27.7 Å². The van der Waals surface area contributed by atoms with Gasteiger partial charge in [-0.15, -0.1) is 17.1 Å². The first-order chi connectivity index (χ1) is 23.9. The van der Waals surface area contributed by atoms with Gasteiger partial charge in [0.15, 0.2) is 0 Å². The molecule has 0 aromatic heterocycles. The normalized spacial score (nSPS) is 13.5. The number of nitrogens with zero attached hydrogens (tertiary/aromatic N) is 2. The van der Waals surface area contributed by atoms with Crippen LogP contribution in [0.2, 0.25) is 0 Å². The fourth-order valence-electron chi connectivity index (χ4n) is 3.83. The number of hydrogen-bond donors (Lipinski definition) is 4. The van der Waals surface area contributed by atoms with Crippen molar-refractivity contribution in [2.24, 2.45) is 0 Å². The lowest BCUT2D eigenvalue weighted by Crippen LogP contribution is -2.72. The Kier molecular flexibility index (Phi) is 11.8. The van der Waals surface area contributed by atoms with Crippen LogP contribution in [-0.2, 0) is 57.6 Å². The van der Waals surface area contributed by atoms with Crippen molar-refractivity contribution in [1.82, 2.24) is 10.5 Å². The first kappa shape index (κ1) is 41.0. The van der Waals surface area contributed by atoms with Gasteiger partial charge in [-0.1, -0.05) is 70.8 Å². The van der Waals surface area contributed by atoms with Crippen LogP contribution >= 0.6 is 0 Å². The molecule has 0 amide bonds. The Labute approximate surface area is 299 Å². The fourth-order valence-corrected chi connectivity index (χ4v) is 7.38. The van der Waals surface area contributed by atoms with E-state index >= 15 is 0 Å². The summed E-state index contributed by atoms with van der Waals surface area (Å²) in [4.78, 5) is -3.09. The van der Waals surface area contributed by atoms with Gasteiger partial charge in [0.05, 0.1) is 19.6 Å². The van der Waals surface area contributed by atoms with E-state index in [2.05, 4.69) is 17.1 Å². The highest BCUT2D eigenvalue weighted by molar-refractivity contribution is 7.87. The van der Waals surface area contributed by atoms with E-state index in [-0.39, 0.29) is 0 Å². The summed E-state index contributed by atoms with van der Waals surface area (Å²) in [6.45, 7) is 6.29. The Hall–Kier alpha value is -3.72. The quantitative estimate of drug-likeness (QED) is 0.0977. The minimum absolute atomic E-state index is 0.534. The molecular weight excluding hydrogens is 773 g/mol. The molecule has 4 N–H and O–H groups in total. The van der Waals surface area contributed by atoms with Crippen LogP contribution in [0, 0.1) is 27.7 Å². The van der Waals surface area contributed by atoms with Gasteiger partial charge in [-0.05, 0) is 76.2 Å². The van der Waals surface area contributed by atoms with Crippen molar-refractivity contribution >= 4 is 40.5 Å². The molecular formula is C30H32N2O16S4. The summed E-state index contributed by atoms with van der Waals surface area (Å²) in [5, 5.41) is 42.3. The highest BCUT2D eigenvalue weighted by atomic mass is 32.2. The molecule has 22 heteroatoms. The maximum absolute atomic E-state index is 13.3. The molecule has 0 saturated carbocycles. The van der Waals surface area contributed by atoms with E-state index < -0.39 is 82.3 Å². The lowest BCUT2D eigenvalue weighted by atomic mass is 10.2. The molecule has 4 aromatic rings. The van der Waals surface area contributed by atoms with E-state index in [0.29, 0.717) is 22.3 Å². The third kappa shape index (κ3) is 9.25. The van der Waals surface area contributed by atoms with Crippen molar-refractivity contribution in [3.05, 3.63) is 119 Å². The summed E-state index contributed by atoms with van der Waals surface area (Å²) in [7, 11) is -21.7. The maximum atomic E-state index is 13.3. The molecule has 0 atom stereocenters. The summed E-state index contributed by atoms with van der Waals surface area (Å²) in [6.07, 6.45) is 0. The number of aryl methyl sites for hydroxylation is 4. The highest BCUT2D eigenvalue weighted by Gasteiger charge is 2.65. The van der Waals surface area contributed by atoms with Crippen LogP contribution < -0.4 is 0 Å². The first-order valence-electron chi connectivity index (χ1n) is 14.4. The predicted octanol–water partition coefficient (Wildman–Crippen LogP) is 1.38. The molecule has 4 rings (SSSR count). The second-order valence-electron chi connectivity index (χ2n) is 11.2. The number of rotatable bonds is 15. The van der Waals surface area contributed by atoms with E-state index in [9.17, 15) is 54.1 Å². The van der Waals surface area contributed by atoms with Crippen LogP contribution in [0.25, 0.3) is 0 Å². The highest BCUT2D eigenvalue weighted by Crippen LogP contribution is 2.34. The molecule has 4 aromatic carbocycles. The summed E-state index contributed by atoms with van der Waals surface area (Å²) < 4.78 is 124. The van der Waals surface area contributed by atoms with Gasteiger partial charge in [0.25, 0.3) is 0 Å². The van der Waals surface area contributed by atoms with Crippen molar-refractivity contribution < 1.29 is 71.2 Å². The molecule has 18 nitrogen and oxygen atoms in total. The lowest BCUT2D eigenvalue weighted by molar-refractivity contribution is -0.585. The van der Waals surface area contributed by atoms with E-state index in [1.165, 1.54) is 48.5 Å². The van der Waals surface area contributed by atoms with E-state index in [4.69, 9.17) is 0 Å². The van der Waals surface area contributed by atoms with Gasteiger partial charge >= 0.3 is 52.3 Å². The van der Waals surface area contributed by atoms with Crippen molar-refractivity contribution in [3.63, 3.8) is 0 Å². The monoisotopic (exact) mass is 804 g/mol. The molecule has 0 radical (unpaired) electrons. The minimum Gasteiger partial charge on any atom is -0.344 e. The van der Waals surface area contributed by atoms with Crippen LogP contribution in [0.15, 0.2) is 117 Å². The van der Waals surface area contributed by atoms with Crippen LogP contribution in [-0.4, -0.2) is 76.4 Å². The van der Waals surface area contributed by atoms with Crippen molar-refractivity contribution in [3.8, 4) is 0 Å². The smallest absolute Gasteiger partial charge is 0.344 e. The van der Waals surface area contributed by atoms with Crippen molar-refractivity contribution in [2.75, 3.05) is 0 Å². The number of hydroxylamine groups is 4. The lowest BCUT2D eigenvalue weighted by Gasteiger charge is -2.41. The van der Waals surface area contributed by atoms with Gasteiger partial charge in [-0.25, -0.2) is 0 Å². The number of hydrogen-bond acceptors (Lipinski definition) is 18. The third-order valence-corrected chi connectivity index (χ3v) is 11.6. The molecule has 0 bridgehead atoms. The summed E-state index contributed by atoms with van der Waals surface area (Å²) in [5.41, 5.74) is 2.14. The molecule has 0 aliphatic carbocycles. The number of benzene rings is 4. The Bertz CT molecular complexity index is 2010. The topological polar surface area (TPSA) is 261 Å². The van der Waals surface area contributed by atoms with Crippen LogP contribution in [0.3, 0.4) is 0 Å². The van der Waals surface area contributed by atoms with Gasteiger partial charge in [-0.3, -0.25) is 0 Å². The van der Waals surface area contributed by atoms with Gasteiger partial charge in [0.1, 0.15) is 0 Å². The average molecular weight is 805 g/mol. The molecule has 282 valence electrons. The van der Waals surface area contributed by atoms with Gasteiger partial charge in [0.2, 0.25) is 0 Å². The van der Waals surface area contributed by atoms with Crippen LogP contribution in [0.1, 0.15) is 22.3 Å². The molecule has 0 spiro atoms. The predicted molar refractivity (Wildman–Crippen MR) is 176 cm³/mol. The van der Waals surface area contributed by atoms with E-state index in [1.807, 2.05) is 0 Å². The van der Waals surface area contributed by atoms with Gasteiger partial charge < -0.3 is 20.4 Å². The zero-order valence-corrected chi connectivity index (χ0v) is 30.7. The molecule has 52 heavy (non-hydrogen) atoms. The largest absolute Gasteiger partial charge is 0.351 e. The standard InChI is InChI=1S/C30H32N2O16S4/c1-21-5-13-25(14-6-21)49(37,38)45-31(46-50(39,40)26-15-7-22(2)8-16-26)29(33,34)30(35,36)32(47-51(41,42)27-17-9-23(3)10-18-27)48-52(43,44)28-19-11-24(4)12-20-28/h5-20,33-36H,1-4H3. The van der Waals surface area contributed by atoms with Gasteiger partial charge in [0, 0.05) is 10.5 Å². The van der Waals surface area contributed by atoms with Crippen molar-refractivity contribution in [2.45, 2.75) is 59.1 Å². The molecule has 0 saturated heterocycles. The SMILES string of the molecule is Cc1ccc(S(=O)(=O)ON(OS(=O)(=O)c2ccc(C)cc2)C(O)(O)C(O)(O)N(OS(=O)(=O)c2ccc(C)cc2)OS(=O)(=O)c2ccc(C)cc2)cc1. The second-order valence-corrected chi connectivity index (χ2v) is 17.3. The number of aliphatic hydroxyl groups is 4. The summed E-state index contributed by atoms with van der Waals surface area (Å²) >= 11 is 0. The second kappa shape index (κ2) is 15.0. The zero-order chi connectivity index (χ0) is 38.9. The minimum atomic E-state index is -5.41. The Morgan fingerprint density at radius 2 is 0.519 bits per heavy atom. The average Bonchev–Trinajstić information content (AvgIpc) is 3.04. The van der Waals surface area contributed by atoms with Gasteiger partial charge in [-0.2, -0.15) is 33.7 Å². The summed E-state index contributed by atoms with van der Waals surface area (Å²) in [6, 6.07) is 17.5. The Morgan fingerprint density at radius 3 is 0.673 bits per heavy atom. The van der Waals surface area contributed by atoms with Crippen LogP contribution in [0.5, 0.6) is 0 Å². The Balaban J connectivity index is 1.88. The molecule has 0 aliphatic rings. The van der Waals surface area contributed by atoms with Crippen LogP contribution in [0.4, 0.5) is 0 Å². The first-order valence-corrected chi connectivity index (χ1v) is 20.1. The van der Waals surface area contributed by atoms with Crippen molar-refractivity contribution in [1.29, 1.82) is 0 Å². The summed E-state index contributed by atoms with van der Waals surface area (Å²) in [5.74, 6) is -10.2. The maximum Gasteiger partial charge on any atom is 0.351 e. The molecule has 0 fully saturated rings. The fraction of sp³-hybridized carbons (Fsp3) is 0.200.